The number of methoxy groups -OCH3 is 1. The number of carbonyl (C=O) groups is 1. The van der Waals surface area contributed by atoms with E-state index in [9.17, 15) is 9.90 Å². The van der Waals surface area contributed by atoms with E-state index in [4.69, 9.17) is 14.6 Å². The first-order valence-corrected chi connectivity index (χ1v) is 9.92. The van der Waals surface area contributed by atoms with E-state index >= 15 is 0 Å². The number of aromatic nitrogens is 2. The van der Waals surface area contributed by atoms with Gasteiger partial charge in [-0.25, -0.2) is 9.78 Å². The fourth-order valence-corrected chi connectivity index (χ4v) is 2.17. The van der Waals surface area contributed by atoms with Crippen molar-refractivity contribution in [3.63, 3.8) is 0 Å². The third-order valence-electron chi connectivity index (χ3n) is 4.85. The zero-order valence-corrected chi connectivity index (χ0v) is 19.4. The molecule has 1 aromatic carbocycles. The Labute approximate surface area is 184 Å². The molecule has 0 aliphatic rings. The van der Waals surface area contributed by atoms with Crippen LogP contribution in [0.1, 0.15) is 24.3 Å². The van der Waals surface area contributed by atoms with Gasteiger partial charge in [-0.2, -0.15) is 4.98 Å². The summed E-state index contributed by atoms with van der Waals surface area (Å²) in [5.74, 6) is -0.595. The third-order valence-corrected chi connectivity index (χ3v) is 4.85. The van der Waals surface area contributed by atoms with E-state index in [1.807, 2.05) is 57.9 Å². The van der Waals surface area contributed by atoms with Crippen molar-refractivity contribution in [1.82, 2.24) is 19.8 Å². The number of nitrogens with zero attached hydrogens (tertiary/aromatic N) is 4. The first-order valence-electron chi connectivity index (χ1n) is 9.92. The standard InChI is InChI=1S/C17H21N3O4.C5H13NO/c1-11(20(2)3)10-24-17-18-9-13(15(19-17)16(21)22)12-7-5-6-8-14(12)23-4;1-5(4-7)6(2)3/h5-9,11H,10H2,1-4H3,(H,21,22);5,7H,4H2,1-3H3. The van der Waals surface area contributed by atoms with E-state index in [1.165, 1.54) is 13.3 Å². The van der Waals surface area contributed by atoms with Crippen LogP contribution in [0.4, 0.5) is 0 Å². The molecule has 0 aliphatic carbocycles. The number of ether oxygens (including phenoxy) is 2. The van der Waals surface area contributed by atoms with Crippen LogP contribution >= 0.6 is 0 Å². The summed E-state index contributed by atoms with van der Waals surface area (Å²) < 4.78 is 10.8. The monoisotopic (exact) mass is 434 g/mol. The van der Waals surface area contributed by atoms with Gasteiger partial charge in [-0.05, 0) is 48.1 Å². The van der Waals surface area contributed by atoms with Crippen molar-refractivity contribution in [2.45, 2.75) is 25.9 Å². The molecule has 2 rings (SSSR count). The van der Waals surface area contributed by atoms with E-state index < -0.39 is 5.97 Å². The summed E-state index contributed by atoms with van der Waals surface area (Å²) in [7, 11) is 9.28. The molecule has 2 N–H and O–H groups in total. The highest BCUT2D eigenvalue weighted by molar-refractivity contribution is 5.94. The average molecular weight is 435 g/mol. The Morgan fingerprint density at radius 3 is 2.16 bits per heavy atom. The number of aromatic carboxylic acids is 1. The molecular weight excluding hydrogens is 400 g/mol. The number of carboxylic acids is 1. The van der Waals surface area contributed by atoms with Crippen molar-refractivity contribution in [3.05, 3.63) is 36.2 Å². The SMILES string of the molecule is CC(CO)N(C)C.COc1ccccc1-c1cnc(OCC(C)N(C)C)nc1C(=O)O. The number of aliphatic hydroxyl groups excluding tert-OH is 1. The van der Waals surface area contributed by atoms with Gasteiger partial charge in [-0.1, -0.05) is 18.2 Å². The second-order valence-electron chi connectivity index (χ2n) is 7.54. The Morgan fingerprint density at radius 2 is 1.68 bits per heavy atom. The fraction of sp³-hybridized carbons (Fsp3) is 0.500. The second-order valence-corrected chi connectivity index (χ2v) is 7.54. The summed E-state index contributed by atoms with van der Waals surface area (Å²) in [5, 5.41) is 17.9. The summed E-state index contributed by atoms with van der Waals surface area (Å²) in [4.78, 5) is 23.7. The van der Waals surface area contributed by atoms with E-state index in [0.29, 0.717) is 29.5 Å². The molecule has 0 saturated heterocycles. The number of para-hydroxylation sites is 1. The molecule has 0 aliphatic heterocycles. The van der Waals surface area contributed by atoms with Crippen molar-refractivity contribution in [3.8, 4) is 22.9 Å². The highest BCUT2D eigenvalue weighted by atomic mass is 16.5. The van der Waals surface area contributed by atoms with E-state index in [-0.39, 0.29) is 24.4 Å². The van der Waals surface area contributed by atoms with Crippen LogP contribution in [0.3, 0.4) is 0 Å². The zero-order chi connectivity index (χ0) is 23.6. The molecule has 9 nitrogen and oxygen atoms in total. The van der Waals surface area contributed by atoms with Gasteiger partial charge in [0.1, 0.15) is 12.4 Å². The number of likely N-dealkylation sites (N-methyl/N-ethyl adjacent to an activating group) is 2. The number of rotatable bonds is 9. The van der Waals surface area contributed by atoms with Crippen molar-refractivity contribution in [1.29, 1.82) is 0 Å². The van der Waals surface area contributed by atoms with Crippen LogP contribution in [0, 0.1) is 0 Å². The fourth-order valence-electron chi connectivity index (χ4n) is 2.17. The Balaban J connectivity index is 0.000000592. The lowest BCUT2D eigenvalue weighted by Gasteiger charge is -2.19. The lowest BCUT2D eigenvalue weighted by Crippen LogP contribution is -2.30. The molecule has 2 aromatic rings. The maximum absolute atomic E-state index is 11.6. The zero-order valence-electron chi connectivity index (χ0n) is 19.4. The first-order chi connectivity index (χ1) is 14.6. The second kappa shape index (κ2) is 12.8. The molecule has 0 amide bonds. The van der Waals surface area contributed by atoms with Gasteiger partial charge >= 0.3 is 12.0 Å². The van der Waals surface area contributed by atoms with Gasteiger partial charge in [0.2, 0.25) is 0 Å². The Kier molecular flexibility index (Phi) is 10.9. The molecular formula is C22H34N4O5. The lowest BCUT2D eigenvalue weighted by atomic mass is 10.0. The number of hydrogen-bond donors (Lipinski definition) is 2. The molecule has 172 valence electrons. The summed E-state index contributed by atoms with van der Waals surface area (Å²) in [5.41, 5.74) is 0.876. The van der Waals surface area contributed by atoms with Gasteiger partial charge in [0.15, 0.2) is 5.69 Å². The Bertz CT molecular complexity index is 829. The van der Waals surface area contributed by atoms with Gasteiger partial charge in [0.05, 0.1) is 13.7 Å². The molecule has 0 saturated carbocycles. The van der Waals surface area contributed by atoms with Gasteiger partial charge in [-0.15, -0.1) is 0 Å². The predicted molar refractivity (Wildman–Crippen MR) is 120 cm³/mol. The molecule has 2 atom stereocenters. The highest BCUT2D eigenvalue weighted by Crippen LogP contribution is 2.31. The van der Waals surface area contributed by atoms with Crippen LogP contribution in [-0.4, -0.2) is 96.5 Å². The normalized spacial score (nSPS) is 12.7. The average Bonchev–Trinajstić information content (AvgIpc) is 2.76. The third kappa shape index (κ3) is 8.12. The van der Waals surface area contributed by atoms with Crippen molar-refractivity contribution < 1.29 is 24.5 Å². The van der Waals surface area contributed by atoms with Crippen molar-refractivity contribution in [2.75, 3.05) is 48.5 Å². The highest BCUT2D eigenvalue weighted by Gasteiger charge is 2.19. The van der Waals surface area contributed by atoms with Gasteiger partial charge in [0.25, 0.3) is 0 Å². The smallest absolute Gasteiger partial charge is 0.355 e. The molecule has 0 bridgehead atoms. The number of hydrogen-bond acceptors (Lipinski definition) is 8. The van der Waals surface area contributed by atoms with Crippen LogP contribution < -0.4 is 9.47 Å². The van der Waals surface area contributed by atoms with Crippen LogP contribution in [0.15, 0.2) is 30.5 Å². The van der Waals surface area contributed by atoms with Crippen molar-refractivity contribution in [2.24, 2.45) is 0 Å². The maximum Gasteiger partial charge on any atom is 0.355 e. The summed E-state index contributed by atoms with van der Waals surface area (Å²) in [6.07, 6.45) is 1.45. The molecule has 0 fully saturated rings. The van der Waals surface area contributed by atoms with Crippen molar-refractivity contribution >= 4 is 5.97 Å². The first kappa shape index (κ1) is 26.3. The Hall–Kier alpha value is -2.75. The maximum atomic E-state index is 11.6. The molecule has 2 unspecified atom stereocenters. The van der Waals surface area contributed by atoms with Gasteiger partial charge in [0, 0.05) is 29.4 Å². The predicted octanol–water partition coefficient (Wildman–Crippen LogP) is 2.11. The van der Waals surface area contributed by atoms with E-state index in [1.54, 1.807) is 18.2 Å². The van der Waals surface area contributed by atoms with E-state index in [2.05, 4.69) is 9.97 Å². The molecule has 1 aromatic heterocycles. The van der Waals surface area contributed by atoms with Crippen LogP contribution in [-0.2, 0) is 0 Å². The Morgan fingerprint density at radius 1 is 1.06 bits per heavy atom. The molecule has 1 heterocycles. The lowest BCUT2D eigenvalue weighted by molar-refractivity contribution is 0.0689. The molecule has 31 heavy (non-hydrogen) atoms. The molecule has 9 heteroatoms. The van der Waals surface area contributed by atoms with Crippen LogP contribution in [0.25, 0.3) is 11.1 Å². The molecule has 0 spiro atoms. The topological polar surface area (TPSA) is 108 Å². The van der Waals surface area contributed by atoms with E-state index in [0.717, 1.165) is 0 Å². The number of benzene rings is 1. The minimum atomic E-state index is -1.15. The summed E-state index contributed by atoms with van der Waals surface area (Å²) in [6.45, 7) is 4.56. The summed E-state index contributed by atoms with van der Waals surface area (Å²) >= 11 is 0. The largest absolute Gasteiger partial charge is 0.496 e. The number of aliphatic hydroxyl groups is 1. The number of carboxylic acid groups (broad SMARTS) is 1. The molecule has 0 radical (unpaired) electrons. The van der Waals surface area contributed by atoms with Crippen LogP contribution in [0.2, 0.25) is 0 Å². The van der Waals surface area contributed by atoms with Crippen LogP contribution in [0.5, 0.6) is 11.8 Å². The minimum absolute atomic E-state index is 0.0414. The van der Waals surface area contributed by atoms with Gasteiger partial charge < -0.3 is 29.5 Å². The quantitative estimate of drug-likeness (QED) is 0.613. The summed E-state index contributed by atoms with van der Waals surface area (Å²) in [6, 6.07) is 7.61. The van der Waals surface area contributed by atoms with Gasteiger partial charge in [-0.3, -0.25) is 0 Å². The minimum Gasteiger partial charge on any atom is -0.496 e.